The third-order valence-corrected chi connectivity index (χ3v) is 8.17. The van der Waals surface area contributed by atoms with Crippen LogP contribution < -0.4 is 15.1 Å². The van der Waals surface area contributed by atoms with E-state index in [0.717, 1.165) is 48.5 Å². The van der Waals surface area contributed by atoms with Crippen molar-refractivity contribution in [1.29, 1.82) is 0 Å². The van der Waals surface area contributed by atoms with Crippen molar-refractivity contribution < 1.29 is 4.74 Å². The number of rotatable bonds is 5. The SMILES string of the molecule is Cc1cc(C)cc(N2C(=S)N[C@@H](c3ccccn3)[C@@H]2c2cc(C)n(-c3ccc(N4CCOCC4)cc3)c2C)c1. The van der Waals surface area contributed by atoms with Crippen molar-refractivity contribution in [2.75, 3.05) is 36.1 Å². The summed E-state index contributed by atoms with van der Waals surface area (Å²) in [6, 6.07) is 23.8. The lowest BCUT2D eigenvalue weighted by molar-refractivity contribution is 0.122. The van der Waals surface area contributed by atoms with E-state index in [-0.39, 0.29) is 12.1 Å². The summed E-state index contributed by atoms with van der Waals surface area (Å²) in [5.74, 6) is 0. The fraction of sp³-hybridized carbons (Fsp3) is 0.312. The summed E-state index contributed by atoms with van der Waals surface area (Å²) < 4.78 is 7.89. The highest BCUT2D eigenvalue weighted by Gasteiger charge is 2.42. The molecule has 2 aliphatic heterocycles. The summed E-state index contributed by atoms with van der Waals surface area (Å²) >= 11 is 5.98. The van der Waals surface area contributed by atoms with Crippen molar-refractivity contribution in [3.63, 3.8) is 0 Å². The number of thiocarbonyl (C=S) groups is 1. The Balaban J connectivity index is 1.43. The molecule has 0 unspecified atom stereocenters. The Morgan fingerprint density at radius 2 is 1.54 bits per heavy atom. The minimum atomic E-state index is -0.0721. The molecule has 2 saturated heterocycles. The van der Waals surface area contributed by atoms with E-state index in [2.05, 4.69) is 102 Å². The molecule has 1 N–H and O–H groups in total. The van der Waals surface area contributed by atoms with E-state index in [0.29, 0.717) is 0 Å². The second-order valence-electron chi connectivity index (χ2n) is 10.6. The zero-order valence-corrected chi connectivity index (χ0v) is 23.8. The van der Waals surface area contributed by atoms with Crippen molar-refractivity contribution in [3.8, 4) is 5.69 Å². The average Bonchev–Trinajstić information content (AvgIpc) is 3.44. The van der Waals surface area contributed by atoms with Crippen LogP contribution in [0, 0.1) is 27.7 Å². The number of aromatic nitrogens is 2. The van der Waals surface area contributed by atoms with Crippen LogP contribution in [0.2, 0.25) is 0 Å². The molecule has 39 heavy (non-hydrogen) atoms. The molecule has 200 valence electrons. The molecule has 0 bridgehead atoms. The Labute approximate surface area is 236 Å². The second-order valence-corrected chi connectivity index (χ2v) is 11.0. The van der Waals surface area contributed by atoms with Gasteiger partial charge in [-0.1, -0.05) is 12.1 Å². The van der Waals surface area contributed by atoms with Crippen molar-refractivity contribution in [2.45, 2.75) is 39.8 Å². The lowest BCUT2D eigenvalue weighted by Crippen LogP contribution is -2.36. The number of nitrogens with one attached hydrogen (secondary N) is 1. The standard InChI is InChI=1S/C32H35N5OS/c1-21-17-22(2)19-27(18-21)37-31(30(34-32(37)39)29-7-5-6-12-33-29)28-20-23(3)36(24(28)4)26-10-8-25(9-11-26)35-13-15-38-16-14-35/h5-12,17-20,30-31H,13-16H2,1-4H3,(H,34,39)/t30-,31-/m0/s1. The molecule has 4 aromatic rings. The summed E-state index contributed by atoms with van der Waals surface area (Å²) in [6.45, 7) is 12.1. The maximum atomic E-state index is 5.98. The minimum absolute atomic E-state index is 0.0406. The molecule has 2 aromatic heterocycles. The van der Waals surface area contributed by atoms with Gasteiger partial charge in [-0.15, -0.1) is 0 Å². The minimum Gasteiger partial charge on any atom is -0.378 e. The predicted octanol–water partition coefficient (Wildman–Crippen LogP) is 6.12. The molecule has 0 amide bonds. The molecule has 2 atom stereocenters. The molecule has 0 radical (unpaired) electrons. The zero-order valence-electron chi connectivity index (χ0n) is 23.0. The van der Waals surface area contributed by atoms with Gasteiger partial charge in [0.1, 0.15) is 0 Å². The molecule has 0 saturated carbocycles. The fourth-order valence-electron chi connectivity index (χ4n) is 6.16. The van der Waals surface area contributed by atoms with E-state index in [4.69, 9.17) is 21.9 Å². The quantitative estimate of drug-likeness (QED) is 0.310. The number of morpholine rings is 1. The van der Waals surface area contributed by atoms with Crippen LogP contribution in [0.1, 0.15) is 45.9 Å². The van der Waals surface area contributed by atoms with Crippen LogP contribution >= 0.6 is 12.2 Å². The van der Waals surface area contributed by atoms with Crippen molar-refractivity contribution in [1.82, 2.24) is 14.9 Å². The molecule has 0 spiro atoms. The van der Waals surface area contributed by atoms with Crippen LogP contribution in [0.3, 0.4) is 0 Å². The first kappa shape index (κ1) is 25.6. The summed E-state index contributed by atoms with van der Waals surface area (Å²) in [5.41, 5.74) is 10.6. The van der Waals surface area contributed by atoms with Crippen LogP contribution in [0.25, 0.3) is 5.69 Å². The Morgan fingerprint density at radius 3 is 2.21 bits per heavy atom. The first-order valence-electron chi connectivity index (χ1n) is 13.6. The van der Waals surface area contributed by atoms with Crippen LogP contribution in [0.4, 0.5) is 11.4 Å². The highest BCUT2D eigenvalue weighted by Crippen LogP contribution is 2.44. The van der Waals surface area contributed by atoms with E-state index >= 15 is 0 Å². The molecule has 4 heterocycles. The van der Waals surface area contributed by atoms with E-state index in [1.165, 1.54) is 33.8 Å². The van der Waals surface area contributed by atoms with Gasteiger partial charge in [-0.2, -0.15) is 0 Å². The summed E-state index contributed by atoms with van der Waals surface area (Å²) in [4.78, 5) is 9.40. The van der Waals surface area contributed by atoms with Crippen LogP contribution in [-0.4, -0.2) is 41.0 Å². The number of aryl methyl sites for hydroxylation is 3. The lowest BCUT2D eigenvalue weighted by atomic mass is 9.96. The summed E-state index contributed by atoms with van der Waals surface area (Å²) in [6.07, 6.45) is 1.86. The first-order chi connectivity index (χ1) is 18.9. The number of hydrogen-bond acceptors (Lipinski definition) is 4. The third kappa shape index (κ3) is 4.81. The van der Waals surface area contributed by atoms with E-state index in [1.807, 2.05) is 18.3 Å². The molecule has 2 aromatic carbocycles. The molecular formula is C32H35N5OS. The van der Waals surface area contributed by atoms with Gasteiger partial charge in [0.25, 0.3) is 0 Å². The second kappa shape index (κ2) is 10.5. The Morgan fingerprint density at radius 1 is 0.846 bits per heavy atom. The predicted molar refractivity (Wildman–Crippen MR) is 162 cm³/mol. The monoisotopic (exact) mass is 537 g/mol. The van der Waals surface area contributed by atoms with Gasteiger partial charge in [0.15, 0.2) is 5.11 Å². The molecule has 2 fully saturated rings. The van der Waals surface area contributed by atoms with Crippen molar-refractivity contribution >= 4 is 28.7 Å². The Bertz CT molecular complexity index is 1470. The number of nitrogens with zero attached hydrogens (tertiary/aromatic N) is 4. The van der Waals surface area contributed by atoms with Gasteiger partial charge in [0, 0.05) is 47.7 Å². The number of pyridine rings is 1. The average molecular weight is 538 g/mol. The molecule has 7 heteroatoms. The van der Waals surface area contributed by atoms with Crippen LogP contribution in [0.15, 0.2) is 72.9 Å². The zero-order chi connectivity index (χ0) is 27.1. The highest BCUT2D eigenvalue weighted by atomic mass is 32.1. The fourth-order valence-corrected chi connectivity index (χ4v) is 6.50. The van der Waals surface area contributed by atoms with Crippen molar-refractivity contribution in [3.05, 3.63) is 107 Å². The Hall–Kier alpha value is -3.68. The largest absolute Gasteiger partial charge is 0.378 e. The number of anilines is 2. The topological polar surface area (TPSA) is 45.6 Å². The molecular weight excluding hydrogens is 502 g/mol. The van der Waals surface area contributed by atoms with Gasteiger partial charge in [-0.05, 0) is 111 Å². The van der Waals surface area contributed by atoms with E-state index in [1.54, 1.807) is 0 Å². The molecule has 0 aliphatic carbocycles. The van der Waals surface area contributed by atoms with Crippen molar-refractivity contribution in [2.24, 2.45) is 0 Å². The van der Waals surface area contributed by atoms with Gasteiger partial charge in [-0.3, -0.25) is 4.98 Å². The third-order valence-electron chi connectivity index (χ3n) is 7.86. The van der Waals surface area contributed by atoms with Crippen LogP contribution in [-0.2, 0) is 4.74 Å². The number of benzene rings is 2. The highest BCUT2D eigenvalue weighted by molar-refractivity contribution is 7.80. The lowest BCUT2D eigenvalue weighted by Gasteiger charge is -2.29. The smallest absolute Gasteiger partial charge is 0.174 e. The normalized spacial score (nSPS) is 19.4. The summed E-state index contributed by atoms with van der Waals surface area (Å²) in [5, 5.41) is 4.34. The van der Waals surface area contributed by atoms with Gasteiger partial charge >= 0.3 is 0 Å². The van der Waals surface area contributed by atoms with Gasteiger partial charge in [-0.25, -0.2) is 0 Å². The first-order valence-corrected chi connectivity index (χ1v) is 14.0. The van der Waals surface area contributed by atoms with E-state index < -0.39 is 0 Å². The van der Waals surface area contributed by atoms with Gasteiger partial charge in [0.05, 0.1) is 31.0 Å². The van der Waals surface area contributed by atoms with Gasteiger partial charge < -0.3 is 24.4 Å². The Kier molecular flexibility index (Phi) is 6.87. The summed E-state index contributed by atoms with van der Waals surface area (Å²) in [7, 11) is 0. The molecule has 6 rings (SSSR count). The molecule has 6 nitrogen and oxygen atoms in total. The van der Waals surface area contributed by atoms with E-state index in [9.17, 15) is 0 Å². The molecule has 2 aliphatic rings. The number of ether oxygens (including phenoxy) is 1. The maximum absolute atomic E-state index is 5.98. The van der Waals surface area contributed by atoms with Crippen LogP contribution in [0.5, 0.6) is 0 Å². The number of hydrogen-bond donors (Lipinski definition) is 1. The maximum Gasteiger partial charge on any atom is 0.174 e. The van der Waals surface area contributed by atoms with Gasteiger partial charge in [0.2, 0.25) is 0 Å².